The van der Waals surface area contributed by atoms with Crippen molar-refractivity contribution in [1.29, 1.82) is 0 Å². The van der Waals surface area contributed by atoms with Crippen LogP contribution in [-0.4, -0.2) is 49.3 Å². The molecule has 0 saturated carbocycles. The number of nitrogens with one attached hydrogen (secondary N) is 1. The number of hydrogen-bond acceptors (Lipinski definition) is 3. The SMILES string of the molecule is CC(C)C(CNC(C)(C)C)OC1CCN(C)CC1. The molecule has 3 heteroatoms. The van der Waals surface area contributed by atoms with Gasteiger partial charge in [0.2, 0.25) is 0 Å². The van der Waals surface area contributed by atoms with Crippen molar-refractivity contribution in [1.82, 2.24) is 10.2 Å². The molecule has 0 aromatic carbocycles. The zero-order valence-corrected chi connectivity index (χ0v) is 13.1. The van der Waals surface area contributed by atoms with Gasteiger partial charge in [-0.1, -0.05) is 13.8 Å². The Kier molecular flexibility index (Phi) is 6.09. The van der Waals surface area contributed by atoms with Crippen LogP contribution in [0.4, 0.5) is 0 Å². The van der Waals surface area contributed by atoms with Gasteiger partial charge in [-0.3, -0.25) is 0 Å². The van der Waals surface area contributed by atoms with Crippen LogP contribution in [-0.2, 0) is 4.74 Å². The maximum Gasteiger partial charge on any atom is 0.0726 e. The van der Waals surface area contributed by atoms with E-state index in [2.05, 4.69) is 51.9 Å². The molecule has 18 heavy (non-hydrogen) atoms. The molecule has 0 spiro atoms. The van der Waals surface area contributed by atoms with Gasteiger partial charge in [0, 0.05) is 25.2 Å². The van der Waals surface area contributed by atoms with E-state index in [0.29, 0.717) is 18.1 Å². The Morgan fingerprint density at radius 1 is 1.22 bits per heavy atom. The number of nitrogens with zero attached hydrogens (tertiary/aromatic N) is 1. The molecule has 3 nitrogen and oxygen atoms in total. The summed E-state index contributed by atoms with van der Waals surface area (Å²) in [4.78, 5) is 2.39. The molecule has 0 radical (unpaired) electrons. The second kappa shape index (κ2) is 6.88. The minimum atomic E-state index is 0.170. The zero-order valence-electron chi connectivity index (χ0n) is 13.1. The predicted molar refractivity (Wildman–Crippen MR) is 78.0 cm³/mol. The summed E-state index contributed by atoms with van der Waals surface area (Å²) >= 11 is 0. The van der Waals surface area contributed by atoms with E-state index in [1.54, 1.807) is 0 Å². The van der Waals surface area contributed by atoms with Crippen molar-refractivity contribution in [2.24, 2.45) is 5.92 Å². The monoisotopic (exact) mass is 256 g/mol. The van der Waals surface area contributed by atoms with Crippen molar-refractivity contribution in [3.8, 4) is 0 Å². The highest BCUT2D eigenvalue weighted by Crippen LogP contribution is 2.18. The lowest BCUT2D eigenvalue weighted by molar-refractivity contribution is -0.0592. The smallest absolute Gasteiger partial charge is 0.0726 e. The molecule has 0 aliphatic carbocycles. The summed E-state index contributed by atoms with van der Waals surface area (Å²) in [6.07, 6.45) is 3.14. The maximum absolute atomic E-state index is 6.31. The molecule has 0 aromatic rings. The first-order valence-electron chi connectivity index (χ1n) is 7.37. The highest BCUT2D eigenvalue weighted by Gasteiger charge is 2.24. The molecule has 1 unspecified atom stereocenters. The lowest BCUT2D eigenvalue weighted by Gasteiger charge is -2.34. The van der Waals surface area contributed by atoms with Crippen LogP contribution >= 0.6 is 0 Å². The van der Waals surface area contributed by atoms with Crippen LogP contribution in [0.3, 0.4) is 0 Å². The second-order valence-electron chi connectivity index (χ2n) is 7.05. The molecule has 1 rings (SSSR count). The minimum absolute atomic E-state index is 0.170. The fourth-order valence-corrected chi connectivity index (χ4v) is 2.22. The van der Waals surface area contributed by atoms with E-state index in [1.807, 2.05) is 0 Å². The Morgan fingerprint density at radius 2 is 1.78 bits per heavy atom. The number of piperidine rings is 1. The van der Waals surface area contributed by atoms with Gasteiger partial charge in [0.1, 0.15) is 0 Å². The van der Waals surface area contributed by atoms with Crippen LogP contribution in [0.2, 0.25) is 0 Å². The standard InChI is InChI=1S/C15H32N2O/c1-12(2)14(11-16-15(3,4)5)18-13-7-9-17(6)10-8-13/h12-14,16H,7-11H2,1-6H3. The van der Waals surface area contributed by atoms with Gasteiger partial charge in [0.25, 0.3) is 0 Å². The van der Waals surface area contributed by atoms with Crippen LogP contribution in [0.25, 0.3) is 0 Å². The Balaban J connectivity index is 2.38. The van der Waals surface area contributed by atoms with Gasteiger partial charge < -0.3 is 15.0 Å². The van der Waals surface area contributed by atoms with E-state index in [1.165, 1.54) is 25.9 Å². The van der Waals surface area contributed by atoms with Crippen LogP contribution < -0.4 is 5.32 Å². The third-order valence-electron chi connectivity index (χ3n) is 3.61. The molecule has 1 aliphatic heterocycles. The lowest BCUT2D eigenvalue weighted by Crippen LogP contribution is -2.45. The third kappa shape index (κ3) is 6.17. The van der Waals surface area contributed by atoms with Crippen molar-refractivity contribution in [3.63, 3.8) is 0 Å². The van der Waals surface area contributed by atoms with E-state index in [9.17, 15) is 0 Å². The van der Waals surface area contributed by atoms with Gasteiger partial charge in [-0.05, 0) is 46.6 Å². The minimum Gasteiger partial charge on any atom is -0.373 e. The fraction of sp³-hybridized carbons (Fsp3) is 1.00. The van der Waals surface area contributed by atoms with Crippen LogP contribution in [0.1, 0.15) is 47.5 Å². The number of hydrogen-bond donors (Lipinski definition) is 1. The molecule has 1 heterocycles. The molecule has 108 valence electrons. The summed E-state index contributed by atoms with van der Waals surface area (Å²) in [6, 6.07) is 0. The highest BCUT2D eigenvalue weighted by molar-refractivity contribution is 4.78. The average Bonchev–Trinajstić information content (AvgIpc) is 2.25. The van der Waals surface area contributed by atoms with E-state index in [4.69, 9.17) is 4.74 Å². The Morgan fingerprint density at radius 3 is 2.22 bits per heavy atom. The summed E-state index contributed by atoms with van der Waals surface area (Å²) in [5.74, 6) is 0.569. The number of rotatable bonds is 5. The highest BCUT2D eigenvalue weighted by atomic mass is 16.5. The van der Waals surface area contributed by atoms with Gasteiger partial charge in [-0.2, -0.15) is 0 Å². The number of likely N-dealkylation sites (tertiary alicyclic amines) is 1. The first-order valence-corrected chi connectivity index (χ1v) is 7.37. The van der Waals surface area contributed by atoms with Crippen molar-refractivity contribution < 1.29 is 4.74 Å². The molecule has 0 amide bonds. The van der Waals surface area contributed by atoms with Crippen molar-refractivity contribution >= 4 is 0 Å². The largest absolute Gasteiger partial charge is 0.373 e. The van der Waals surface area contributed by atoms with Gasteiger partial charge in [0.05, 0.1) is 12.2 Å². The summed E-state index contributed by atoms with van der Waals surface area (Å²) in [7, 11) is 2.19. The van der Waals surface area contributed by atoms with Crippen molar-refractivity contribution in [2.45, 2.75) is 65.2 Å². The molecule has 1 saturated heterocycles. The molecule has 1 aliphatic rings. The molecular weight excluding hydrogens is 224 g/mol. The van der Waals surface area contributed by atoms with Gasteiger partial charge in [0.15, 0.2) is 0 Å². The van der Waals surface area contributed by atoms with Gasteiger partial charge >= 0.3 is 0 Å². The quantitative estimate of drug-likeness (QED) is 0.818. The Hall–Kier alpha value is -0.120. The Labute approximate surface area is 113 Å². The molecule has 1 fully saturated rings. The number of ether oxygens (including phenoxy) is 1. The zero-order chi connectivity index (χ0) is 13.8. The molecule has 1 N–H and O–H groups in total. The van der Waals surface area contributed by atoms with E-state index in [0.717, 1.165) is 6.54 Å². The van der Waals surface area contributed by atoms with E-state index < -0.39 is 0 Å². The fourth-order valence-electron chi connectivity index (χ4n) is 2.22. The van der Waals surface area contributed by atoms with Crippen LogP contribution in [0.15, 0.2) is 0 Å². The first-order chi connectivity index (χ1) is 8.28. The molecular formula is C15H32N2O. The topological polar surface area (TPSA) is 24.5 Å². The van der Waals surface area contributed by atoms with Crippen LogP contribution in [0.5, 0.6) is 0 Å². The van der Waals surface area contributed by atoms with E-state index in [-0.39, 0.29) is 5.54 Å². The third-order valence-corrected chi connectivity index (χ3v) is 3.61. The Bertz CT molecular complexity index is 227. The van der Waals surface area contributed by atoms with Crippen molar-refractivity contribution in [3.05, 3.63) is 0 Å². The maximum atomic E-state index is 6.31. The average molecular weight is 256 g/mol. The second-order valence-corrected chi connectivity index (χ2v) is 7.05. The molecule has 1 atom stereocenters. The van der Waals surface area contributed by atoms with Gasteiger partial charge in [-0.15, -0.1) is 0 Å². The molecule has 0 aromatic heterocycles. The summed E-state index contributed by atoms with van der Waals surface area (Å²) in [5, 5.41) is 3.57. The summed E-state index contributed by atoms with van der Waals surface area (Å²) in [6.45, 7) is 14.4. The first kappa shape index (κ1) is 15.9. The normalized spacial score (nSPS) is 21.5. The molecule has 0 bridgehead atoms. The van der Waals surface area contributed by atoms with Crippen LogP contribution in [0, 0.1) is 5.92 Å². The lowest BCUT2D eigenvalue weighted by atomic mass is 10.0. The summed E-state index contributed by atoms with van der Waals surface area (Å²) in [5.41, 5.74) is 0.170. The predicted octanol–water partition coefficient (Wildman–Crippen LogP) is 2.51. The summed E-state index contributed by atoms with van der Waals surface area (Å²) < 4.78 is 6.31. The van der Waals surface area contributed by atoms with Crippen molar-refractivity contribution in [2.75, 3.05) is 26.7 Å². The van der Waals surface area contributed by atoms with E-state index >= 15 is 0 Å². The van der Waals surface area contributed by atoms with Gasteiger partial charge in [-0.25, -0.2) is 0 Å².